The molecule has 0 aliphatic carbocycles. The quantitative estimate of drug-likeness (QED) is 0.777. The fourth-order valence-electron chi connectivity index (χ4n) is 3.35. The summed E-state index contributed by atoms with van der Waals surface area (Å²) in [5, 5.41) is 4.22. The number of hydrogen-bond acceptors (Lipinski definition) is 4. The van der Waals surface area contributed by atoms with Crippen LogP contribution in [0.2, 0.25) is 0 Å². The third-order valence-electron chi connectivity index (χ3n) is 4.75. The van der Waals surface area contributed by atoms with Gasteiger partial charge in [-0.2, -0.15) is 5.10 Å². The van der Waals surface area contributed by atoms with Crippen LogP contribution in [0.1, 0.15) is 17.4 Å². The van der Waals surface area contributed by atoms with Crippen LogP contribution in [0.15, 0.2) is 55.0 Å². The zero-order chi connectivity index (χ0) is 17.9. The normalized spacial score (nSPS) is 18.2. The Morgan fingerprint density at radius 3 is 2.85 bits per heavy atom. The first-order valence-corrected chi connectivity index (χ1v) is 8.77. The van der Waals surface area contributed by atoms with Gasteiger partial charge < -0.3 is 14.8 Å². The Labute approximate surface area is 152 Å². The minimum absolute atomic E-state index is 0.0886. The predicted molar refractivity (Wildman–Crippen MR) is 97.8 cm³/mol. The highest BCUT2D eigenvalue weighted by atomic mass is 16.2. The van der Waals surface area contributed by atoms with Crippen molar-refractivity contribution in [2.24, 2.45) is 0 Å². The number of aromatic amines is 1. The number of piperazine rings is 1. The highest BCUT2D eigenvalue weighted by Gasteiger charge is 2.32. The molecule has 2 aromatic heterocycles. The number of carbonyl (C=O) groups excluding carboxylic acids is 1. The number of benzene rings is 1. The topological polar surface area (TPSA) is 70.0 Å². The maximum absolute atomic E-state index is 12.9. The largest absolute Gasteiger partial charge is 0.330 e. The van der Waals surface area contributed by atoms with E-state index in [4.69, 9.17) is 0 Å². The monoisotopic (exact) mass is 350 g/mol. The Morgan fingerprint density at radius 2 is 2.08 bits per heavy atom. The number of rotatable bonds is 4. The molecule has 3 aromatic rings. The summed E-state index contributed by atoms with van der Waals surface area (Å²) in [5.41, 5.74) is 1.03. The first-order valence-electron chi connectivity index (χ1n) is 8.77. The van der Waals surface area contributed by atoms with Crippen LogP contribution in [0.5, 0.6) is 0 Å². The third-order valence-corrected chi connectivity index (χ3v) is 4.75. The highest BCUT2D eigenvalue weighted by Crippen LogP contribution is 2.24. The van der Waals surface area contributed by atoms with Gasteiger partial charge in [0.05, 0.1) is 12.6 Å². The van der Waals surface area contributed by atoms with Gasteiger partial charge in [-0.3, -0.25) is 4.79 Å². The molecular formula is C19H22N6O. The number of imidazole rings is 1. The molecule has 26 heavy (non-hydrogen) atoms. The summed E-state index contributed by atoms with van der Waals surface area (Å²) in [6.45, 7) is 2.32. The lowest BCUT2D eigenvalue weighted by molar-refractivity contribution is -0.135. The lowest BCUT2D eigenvalue weighted by Crippen LogP contribution is -2.50. The standard InChI is InChI=1S/C19H22N6O/c1-23-10-11-24(18(26)12-15-6-3-2-4-7-15)16(14-23)19-20-13-17(22-19)25-9-5-8-21-25/h2-9,13,16H,10-12,14H2,1H3,(H,20,22). The van der Waals surface area contributed by atoms with E-state index in [9.17, 15) is 4.79 Å². The molecule has 1 fully saturated rings. The van der Waals surface area contributed by atoms with Crippen LogP contribution in [0.3, 0.4) is 0 Å². The molecular weight excluding hydrogens is 328 g/mol. The molecule has 1 aliphatic rings. The number of nitrogens with zero attached hydrogens (tertiary/aromatic N) is 5. The smallest absolute Gasteiger partial charge is 0.227 e. The summed E-state index contributed by atoms with van der Waals surface area (Å²) in [6.07, 6.45) is 5.76. The zero-order valence-electron chi connectivity index (χ0n) is 14.7. The molecule has 134 valence electrons. The number of likely N-dealkylation sites (N-methyl/N-ethyl adjacent to an activating group) is 1. The average molecular weight is 350 g/mol. The van der Waals surface area contributed by atoms with Gasteiger partial charge >= 0.3 is 0 Å². The van der Waals surface area contributed by atoms with Gasteiger partial charge in [0, 0.05) is 32.0 Å². The summed E-state index contributed by atoms with van der Waals surface area (Å²) in [4.78, 5) is 25.0. The van der Waals surface area contributed by atoms with Crippen LogP contribution in [0.4, 0.5) is 0 Å². The molecule has 3 heterocycles. The van der Waals surface area contributed by atoms with Gasteiger partial charge in [-0.05, 0) is 18.7 Å². The average Bonchev–Trinajstić information content (AvgIpc) is 3.34. The van der Waals surface area contributed by atoms with Gasteiger partial charge in [0.25, 0.3) is 0 Å². The molecule has 1 aliphatic heterocycles. The van der Waals surface area contributed by atoms with E-state index in [1.54, 1.807) is 17.1 Å². The summed E-state index contributed by atoms with van der Waals surface area (Å²) in [6, 6.07) is 11.7. The van der Waals surface area contributed by atoms with E-state index in [0.717, 1.165) is 30.3 Å². The lowest BCUT2D eigenvalue weighted by Gasteiger charge is -2.39. The molecule has 4 rings (SSSR count). The van der Waals surface area contributed by atoms with E-state index in [-0.39, 0.29) is 11.9 Å². The molecule has 0 bridgehead atoms. The van der Waals surface area contributed by atoms with Gasteiger partial charge in [0.2, 0.25) is 5.91 Å². The highest BCUT2D eigenvalue weighted by molar-refractivity contribution is 5.79. The van der Waals surface area contributed by atoms with E-state index >= 15 is 0 Å². The van der Waals surface area contributed by atoms with E-state index in [1.165, 1.54) is 0 Å². The molecule has 1 unspecified atom stereocenters. The van der Waals surface area contributed by atoms with Crippen molar-refractivity contribution in [2.75, 3.05) is 26.7 Å². The van der Waals surface area contributed by atoms with Crippen molar-refractivity contribution >= 4 is 5.91 Å². The van der Waals surface area contributed by atoms with Crippen LogP contribution >= 0.6 is 0 Å². The van der Waals surface area contributed by atoms with Gasteiger partial charge in [-0.15, -0.1) is 0 Å². The molecule has 1 amide bonds. The molecule has 7 nitrogen and oxygen atoms in total. The van der Waals surface area contributed by atoms with Crippen molar-refractivity contribution in [3.63, 3.8) is 0 Å². The Balaban J connectivity index is 1.56. The van der Waals surface area contributed by atoms with Crippen LogP contribution in [0.25, 0.3) is 5.82 Å². The van der Waals surface area contributed by atoms with Gasteiger partial charge in [0.1, 0.15) is 11.9 Å². The maximum atomic E-state index is 12.9. The number of amides is 1. The summed E-state index contributed by atoms with van der Waals surface area (Å²) < 4.78 is 1.74. The lowest BCUT2D eigenvalue weighted by atomic mass is 10.1. The third kappa shape index (κ3) is 3.39. The second-order valence-electron chi connectivity index (χ2n) is 6.63. The number of H-pyrrole nitrogens is 1. The molecule has 0 radical (unpaired) electrons. The van der Waals surface area contributed by atoms with Gasteiger partial charge in [0.15, 0.2) is 5.82 Å². The zero-order valence-corrected chi connectivity index (χ0v) is 14.7. The van der Waals surface area contributed by atoms with Crippen LogP contribution in [-0.2, 0) is 11.2 Å². The number of aromatic nitrogens is 4. The molecule has 0 spiro atoms. The molecule has 7 heteroatoms. The van der Waals surface area contributed by atoms with Crippen molar-refractivity contribution in [1.82, 2.24) is 29.5 Å². The van der Waals surface area contributed by atoms with Crippen molar-refractivity contribution in [3.05, 3.63) is 66.4 Å². The fraction of sp³-hybridized carbons (Fsp3) is 0.316. The Morgan fingerprint density at radius 1 is 1.23 bits per heavy atom. The van der Waals surface area contributed by atoms with Crippen molar-refractivity contribution in [1.29, 1.82) is 0 Å². The van der Waals surface area contributed by atoms with Gasteiger partial charge in [-0.1, -0.05) is 30.3 Å². The first-order chi connectivity index (χ1) is 12.7. The van der Waals surface area contributed by atoms with Crippen LogP contribution in [-0.4, -0.2) is 62.1 Å². The maximum Gasteiger partial charge on any atom is 0.227 e. The summed E-state index contributed by atoms with van der Waals surface area (Å²) in [7, 11) is 2.07. The molecule has 1 N–H and O–H groups in total. The fourth-order valence-corrected chi connectivity index (χ4v) is 3.35. The Hall–Kier alpha value is -2.93. The second-order valence-corrected chi connectivity index (χ2v) is 6.63. The van der Waals surface area contributed by atoms with E-state index < -0.39 is 0 Å². The van der Waals surface area contributed by atoms with E-state index in [2.05, 4.69) is 27.0 Å². The predicted octanol–water partition coefficient (Wildman–Crippen LogP) is 1.65. The second kappa shape index (κ2) is 7.13. The van der Waals surface area contributed by atoms with Crippen molar-refractivity contribution < 1.29 is 4.79 Å². The van der Waals surface area contributed by atoms with Crippen LogP contribution in [0, 0.1) is 0 Å². The molecule has 1 atom stereocenters. The summed E-state index contributed by atoms with van der Waals surface area (Å²) >= 11 is 0. The first kappa shape index (κ1) is 16.5. The minimum Gasteiger partial charge on any atom is -0.330 e. The molecule has 0 saturated carbocycles. The van der Waals surface area contributed by atoms with Crippen molar-refractivity contribution in [3.8, 4) is 5.82 Å². The number of nitrogens with one attached hydrogen (secondary N) is 1. The SMILES string of the molecule is CN1CCN(C(=O)Cc2ccccc2)C(c2ncc(-n3cccn3)[nH]2)C1. The van der Waals surface area contributed by atoms with E-state index in [1.807, 2.05) is 47.5 Å². The van der Waals surface area contributed by atoms with Crippen molar-refractivity contribution in [2.45, 2.75) is 12.5 Å². The number of carbonyl (C=O) groups is 1. The van der Waals surface area contributed by atoms with Gasteiger partial charge in [-0.25, -0.2) is 9.67 Å². The van der Waals surface area contributed by atoms with E-state index in [0.29, 0.717) is 13.0 Å². The number of hydrogen-bond donors (Lipinski definition) is 1. The summed E-state index contributed by atoms with van der Waals surface area (Å²) in [5.74, 6) is 1.73. The van der Waals surface area contributed by atoms with Crippen LogP contribution < -0.4 is 0 Å². The Kier molecular flexibility index (Phi) is 4.53. The molecule has 1 saturated heterocycles. The Bertz CT molecular complexity index is 857. The minimum atomic E-state index is -0.0886. The molecule has 1 aromatic carbocycles.